The number of ether oxygens (including phenoxy) is 1. The number of rotatable bonds is 4. The van der Waals surface area contributed by atoms with Gasteiger partial charge in [-0.1, -0.05) is 0 Å². The van der Waals surface area contributed by atoms with Crippen molar-refractivity contribution in [2.45, 2.75) is 64.1 Å². The van der Waals surface area contributed by atoms with E-state index in [4.69, 9.17) is 16.3 Å². The number of nitrogens with zero attached hydrogens (tertiary/aromatic N) is 5. The third-order valence-corrected chi connectivity index (χ3v) is 5.04. The Morgan fingerprint density at radius 1 is 1.17 bits per heavy atom. The van der Waals surface area contributed by atoms with Gasteiger partial charge in [0.05, 0.1) is 24.3 Å². The zero-order valence-electron chi connectivity index (χ0n) is 17.6. The Morgan fingerprint density at radius 3 is 2.37 bits per heavy atom. The summed E-state index contributed by atoms with van der Waals surface area (Å²) in [5.74, 6) is 0.409. The second kappa shape index (κ2) is 8.99. The number of carbonyl (C=O) groups excluding carboxylic acids is 2. The molecule has 1 saturated carbocycles. The second-order valence-electron chi connectivity index (χ2n) is 8.44. The van der Waals surface area contributed by atoms with E-state index < -0.39 is 17.1 Å². The summed E-state index contributed by atoms with van der Waals surface area (Å²) in [5, 5.41) is 6.43. The van der Waals surface area contributed by atoms with Gasteiger partial charge in [-0.05, 0) is 58.1 Å². The van der Waals surface area contributed by atoms with Crippen molar-refractivity contribution in [3.63, 3.8) is 0 Å². The number of nitrogens with one attached hydrogen (secondary N) is 1. The van der Waals surface area contributed by atoms with Crippen LogP contribution in [0, 0.1) is 0 Å². The average Bonchev–Trinajstić information content (AvgIpc) is 3.08. The van der Waals surface area contributed by atoms with Gasteiger partial charge in [0.15, 0.2) is 5.82 Å². The molecule has 2 aromatic rings. The second-order valence-corrected chi connectivity index (χ2v) is 8.76. The SMILES string of the molecule is Cn1cc(-c2cnc(N(C(=O)Cl)C3CCC(NC(=O)OC(C)(C)C)CC3)cn2)cn1. The molecule has 0 spiro atoms. The van der Waals surface area contributed by atoms with Gasteiger partial charge in [0.1, 0.15) is 5.60 Å². The van der Waals surface area contributed by atoms with Crippen molar-refractivity contribution in [2.24, 2.45) is 7.05 Å². The van der Waals surface area contributed by atoms with Crippen molar-refractivity contribution in [2.75, 3.05) is 4.90 Å². The van der Waals surface area contributed by atoms with E-state index >= 15 is 0 Å². The molecule has 2 aromatic heterocycles. The topological polar surface area (TPSA) is 102 Å². The van der Waals surface area contributed by atoms with E-state index in [-0.39, 0.29) is 12.1 Å². The van der Waals surface area contributed by atoms with Crippen LogP contribution < -0.4 is 10.2 Å². The first-order chi connectivity index (χ1) is 14.1. The minimum absolute atomic E-state index is 0.00224. The summed E-state index contributed by atoms with van der Waals surface area (Å²) in [4.78, 5) is 34.4. The molecule has 2 amide bonds. The molecule has 162 valence electrons. The van der Waals surface area contributed by atoms with Crippen LogP contribution in [-0.2, 0) is 11.8 Å². The standard InChI is InChI=1S/C20H27ClN6O3/c1-20(2,3)30-19(29)25-14-5-7-15(8-6-14)27(18(21)28)17-11-22-16(10-23-17)13-9-24-26(4)12-13/h9-12,14-15H,5-8H2,1-4H3,(H,25,29). The number of alkyl carbamates (subject to hydrolysis) is 1. The third kappa shape index (κ3) is 5.69. The highest BCUT2D eigenvalue weighted by Crippen LogP contribution is 2.28. The molecule has 0 aliphatic heterocycles. The van der Waals surface area contributed by atoms with Crippen LogP contribution in [0.15, 0.2) is 24.8 Å². The summed E-state index contributed by atoms with van der Waals surface area (Å²) in [6.45, 7) is 5.48. The summed E-state index contributed by atoms with van der Waals surface area (Å²) in [5.41, 5.74) is 0.970. The van der Waals surface area contributed by atoms with E-state index in [1.54, 1.807) is 23.3 Å². The van der Waals surface area contributed by atoms with E-state index in [0.29, 0.717) is 37.2 Å². The van der Waals surface area contributed by atoms with Crippen LogP contribution in [0.2, 0.25) is 0 Å². The van der Waals surface area contributed by atoms with Crippen LogP contribution in [0.3, 0.4) is 0 Å². The number of anilines is 1. The van der Waals surface area contributed by atoms with Crippen LogP contribution in [-0.4, -0.2) is 48.9 Å². The van der Waals surface area contributed by atoms with Gasteiger partial charge in [0.2, 0.25) is 0 Å². The zero-order valence-corrected chi connectivity index (χ0v) is 18.4. The van der Waals surface area contributed by atoms with E-state index in [1.165, 1.54) is 4.90 Å². The van der Waals surface area contributed by atoms with E-state index in [0.717, 1.165) is 5.56 Å². The molecule has 0 atom stereocenters. The fourth-order valence-electron chi connectivity index (χ4n) is 3.52. The van der Waals surface area contributed by atoms with Crippen LogP contribution >= 0.6 is 11.6 Å². The van der Waals surface area contributed by atoms with Crippen LogP contribution in [0.25, 0.3) is 11.3 Å². The number of amides is 2. The van der Waals surface area contributed by atoms with Crippen molar-refractivity contribution in [3.05, 3.63) is 24.8 Å². The van der Waals surface area contributed by atoms with Crippen molar-refractivity contribution in [1.82, 2.24) is 25.1 Å². The Hall–Kier alpha value is -2.68. The van der Waals surface area contributed by atoms with E-state index in [1.807, 2.05) is 34.0 Å². The molecule has 1 fully saturated rings. The van der Waals surface area contributed by atoms with Crippen molar-refractivity contribution in [3.8, 4) is 11.3 Å². The van der Waals surface area contributed by atoms with Crippen molar-refractivity contribution >= 4 is 28.9 Å². The highest BCUT2D eigenvalue weighted by Gasteiger charge is 2.31. The molecule has 3 rings (SSSR count). The maximum Gasteiger partial charge on any atom is 0.407 e. The molecule has 30 heavy (non-hydrogen) atoms. The van der Waals surface area contributed by atoms with Crippen LogP contribution in [0.4, 0.5) is 15.4 Å². The Balaban J connectivity index is 1.62. The number of hydrogen-bond donors (Lipinski definition) is 1. The molecule has 0 unspecified atom stereocenters. The molecule has 0 aromatic carbocycles. The first kappa shape index (κ1) is 22.0. The predicted octanol–water partition coefficient (Wildman–Crippen LogP) is 3.88. The van der Waals surface area contributed by atoms with Crippen LogP contribution in [0.5, 0.6) is 0 Å². The van der Waals surface area contributed by atoms with E-state index in [2.05, 4.69) is 20.4 Å². The third-order valence-electron chi connectivity index (χ3n) is 4.86. The van der Waals surface area contributed by atoms with Crippen molar-refractivity contribution < 1.29 is 14.3 Å². The molecular formula is C20H27ClN6O3. The van der Waals surface area contributed by atoms with Gasteiger partial charge in [0, 0.05) is 30.9 Å². The average molecular weight is 435 g/mol. The number of halogens is 1. The summed E-state index contributed by atoms with van der Waals surface area (Å²) in [6.07, 6.45) is 9.07. The lowest BCUT2D eigenvalue weighted by Gasteiger charge is -2.35. The minimum atomic E-state index is -0.595. The smallest absolute Gasteiger partial charge is 0.407 e. The van der Waals surface area contributed by atoms with Gasteiger partial charge in [-0.2, -0.15) is 5.10 Å². The van der Waals surface area contributed by atoms with Gasteiger partial charge in [0.25, 0.3) is 0 Å². The van der Waals surface area contributed by atoms with Gasteiger partial charge >= 0.3 is 11.5 Å². The van der Waals surface area contributed by atoms with E-state index in [9.17, 15) is 9.59 Å². The highest BCUT2D eigenvalue weighted by molar-refractivity contribution is 6.66. The normalized spacial score (nSPS) is 19.2. The largest absolute Gasteiger partial charge is 0.444 e. The molecule has 0 saturated heterocycles. The summed E-state index contributed by atoms with van der Waals surface area (Å²) in [7, 11) is 1.83. The fraction of sp³-hybridized carbons (Fsp3) is 0.550. The van der Waals surface area contributed by atoms with Gasteiger partial charge in [-0.3, -0.25) is 19.4 Å². The fourth-order valence-corrected chi connectivity index (χ4v) is 3.75. The van der Waals surface area contributed by atoms with Crippen LogP contribution in [0.1, 0.15) is 46.5 Å². The number of hydrogen-bond acceptors (Lipinski definition) is 6. The first-order valence-electron chi connectivity index (χ1n) is 9.91. The molecule has 0 radical (unpaired) electrons. The number of aromatic nitrogens is 4. The molecule has 9 nitrogen and oxygen atoms in total. The van der Waals surface area contributed by atoms with Gasteiger partial charge in [-0.15, -0.1) is 0 Å². The monoisotopic (exact) mass is 434 g/mol. The highest BCUT2D eigenvalue weighted by atomic mass is 35.5. The number of carbonyl (C=O) groups is 2. The molecule has 2 heterocycles. The summed E-state index contributed by atoms with van der Waals surface area (Å²) >= 11 is 5.88. The molecular weight excluding hydrogens is 408 g/mol. The minimum Gasteiger partial charge on any atom is -0.444 e. The molecule has 10 heteroatoms. The summed E-state index contributed by atoms with van der Waals surface area (Å²) in [6, 6.07) is -0.104. The van der Waals surface area contributed by atoms with Gasteiger partial charge < -0.3 is 10.1 Å². The number of aryl methyl sites for hydroxylation is 1. The molecule has 1 N–H and O–H groups in total. The lowest BCUT2D eigenvalue weighted by atomic mass is 9.90. The Labute approximate surface area is 180 Å². The molecule has 1 aliphatic rings. The zero-order chi connectivity index (χ0) is 21.9. The Bertz CT molecular complexity index is 885. The maximum absolute atomic E-state index is 12.1. The molecule has 0 bridgehead atoms. The Kier molecular flexibility index (Phi) is 6.60. The quantitative estimate of drug-likeness (QED) is 0.578. The maximum atomic E-state index is 12.1. The predicted molar refractivity (Wildman–Crippen MR) is 113 cm³/mol. The first-order valence-corrected chi connectivity index (χ1v) is 10.3. The molecule has 1 aliphatic carbocycles. The summed E-state index contributed by atoms with van der Waals surface area (Å²) < 4.78 is 7.00. The Morgan fingerprint density at radius 2 is 1.87 bits per heavy atom. The van der Waals surface area contributed by atoms with Gasteiger partial charge in [-0.25, -0.2) is 9.78 Å². The van der Waals surface area contributed by atoms with Crippen molar-refractivity contribution in [1.29, 1.82) is 0 Å². The lowest BCUT2D eigenvalue weighted by Crippen LogP contribution is -2.46. The lowest BCUT2D eigenvalue weighted by molar-refractivity contribution is 0.0491.